The van der Waals surface area contributed by atoms with Gasteiger partial charge in [0, 0.05) is 6.54 Å². The van der Waals surface area contributed by atoms with E-state index in [4.69, 9.17) is 10.5 Å². The third kappa shape index (κ3) is 5.35. The van der Waals surface area contributed by atoms with Crippen LogP contribution in [0.25, 0.3) is 0 Å². The smallest absolute Gasteiger partial charge is 0.407 e. The summed E-state index contributed by atoms with van der Waals surface area (Å²) in [7, 11) is 0. The van der Waals surface area contributed by atoms with Crippen LogP contribution in [0.15, 0.2) is 0 Å². The molecule has 0 aromatic carbocycles. The second kappa shape index (κ2) is 9.24. The van der Waals surface area contributed by atoms with Gasteiger partial charge in [-0.1, -0.05) is 40.0 Å². The number of carbonyl (C=O) groups excluding carboxylic acids is 3. The minimum atomic E-state index is -0.651. The van der Waals surface area contributed by atoms with E-state index >= 15 is 0 Å². The molecule has 1 saturated heterocycles. The van der Waals surface area contributed by atoms with E-state index in [1.54, 1.807) is 4.90 Å². The quantitative estimate of drug-likeness (QED) is 0.750. The van der Waals surface area contributed by atoms with Gasteiger partial charge in [0.1, 0.15) is 12.1 Å². The fraction of sp³-hybridized carbons (Fsp3) is 0.842. The molecule has 2 aliphatic rings. The monoisotopic (exact) mass is 367 g/mol. The summed E-state index contributed by atoms with van der Waals surface area (Å²) in [6.45, 7) is 6.73. The summed E-state index contributed by atoms with van der Waals surface area (Å²) in [5, 5.41) is 2.79. The Morgan fingerprint density at radius 1 is 1.19 bits per heavy atom. The first-order valence-corrected chi connectivity index (χ1v) is 9.82. The maximum atomic E-state index is 13.2. The van der Waals surface area contributed by atoms with Crippen molar-refractivity contribution in [1.82, 2.24) is 10.2 Å². The molecular formula is C19H33N3O4. The van der Waals surface area contributed by atoms with Crippen molar-refractivity contribution in [3.05, 3.63) is 0 Å². The first-order chi connectivity index (χ1) is 12.3. The van der Waals surface area contributed by atoms with E-state index in [2.05, 4.69) is 5.32 Å². The minimum Gasteiger partial charge on any atom is -0.449 e. The van der Waals surface area contributed by atoms with Gasteiger partial charge in [0.25, 0.3) is 0 Å². The Bertz CT molecular complexity index is 517. The number of ether oxygens (including phenoxy) is 1. The minimum absolute atomic E-state index is 0.0762. The highest BCUT2D eigenvalue weighted by Gasteiger charge is 2.42. The summed E-state index contributed by atoms with van der Waals surface area (Å²) in [5.41, 5.74) is 5.50. The molecule has 0 bridgehead atoms. The molecule has 3 amide bonds. The van der Waals surface area contributed by atoms with Crippen molar-refractivity contribution >= 4 is 17.9 Å². The highest BCUT2D eigenvalue weighted by molar-refractivity contribution is 5.91. The van der Waals surface area contributed by atoms with E-state index in [-0.39, 0.29) is 23.7 Å². The molecule has 2 fully saturated rings. The summed E-state index contributed by atoms with van der Waals surface area (Å²) in [6, 6.07) is -1.24. The number of primary amides is 1. The Kier molecular flexibility index (Phi) is 7.29. The van der Waals surface area contributed by atoms with Crippen LogP contribution < -0.4 is 11.1 Å². The van der Waals surface area contributed by atoms with Gasteiger partial charge in [-0.2, -0.15) is 0 Å². The van der Waals surface area contributed by atoms with Crippen LogP contribution in [0.2, 0.25) is 0 Å². The Morgan fingerprint density at radius 2 is 1.85 bits per heavy atom. The Morgan fingerprint density at radius 3 is 2.42 bits per heavy atom. The summed E-state index contributed by atoms with van der Waals surface area (Å²) >= 11 is 0. The molecule has 0 aromatic rings. The number of alkyl carbamates (subject to hydrolysis) is 1. The summed E-state index contributed by atoms with van der Waals surface area (Å²) < 4.78 is 5.22. The molecule has 0 aromatic heterocycles. The van der Waals surface area contributed by atoms with Crippen LogP contribution in [0, 0.1) is 17.8 Å². The maximum Gasteiger partial charge on any atom is 0.407 e. The third-order valence-corrected chi connectivity index (χ3v) is 5.33. The molecule has 148 valence electrons. The van der Waals surface area contributed by atoms with Gasteiger partial charge in [-0.15, -0.1) is 0 Å². The van der Waals surface area contributed by atoms with E-state index in [1.807, 2.05) is 20.8 Å². The molecule has 0 unspecified atom stereocenters. The molecule has 1 aliphatic carbocycles. The van der Waals surface area contributed by atoms with Crippen LogP contribution in [0.3, 0.4) is 0 Å². The molecule has 3 atom stereocenters. The number of rotatable bonds is 6. The molecule has 7 nitrogen and oxygen atoms in total. The molecule has 0 radical (unpaired) electrons. The lowest BCUT2D eigenvalue weighted by Gasteiger charge is -2.34. The average molecular weight is 367 g/mol. The maximum absolute atomic E-state index is 13.2. The van der Waals surface area contributed by atoms with Crippen LogP contribution in [0.1, 0.15) is 59.3 Å². The number of hydrogen-bond donors (Lipinski definition) is 2. The fourth-order valence-electron chi connectivity index (χ4n) is 4.00. The molecule has 0 spiro atoms. The average Bonchev–Trinajstić information content (AvgIpc) is 3.00. The number of nitrogens with zero attached hydrogens (tertiary/aromatic N) is 1. The lowest BCUT2D eigenvalue weighted by atomic mass is 9.83. The van der Waals surface area contributed by atoms with Crippen LogP contribution in [0.5, 0.6) is 0 Å². The Labute approximate surface area is 156 Å². The molecule has 1 saturated carbocycles. The van der Waals surface area contributed by atoms with E-state index < -0.39 is 24.1 Å². The molecular weight excluding hydrogens is 334 g/mol. The molecule has 1 aliphatic heterocycles. The summed E-state index contributed by atoms with van der Waals surface area (Å²) in [6.07, 6.45) is 5.05. The van der Waals surface area contributed by atoms with E-state index in [0.29, 0.717) is 19.6 Å². The second-order valence-electron chi connectivity index (χ2n) is 8.26. The summed E-state index contributed by atoms with van der Waals surface area (Å²) in [4.78, 5) is 38.8. The van der Waals surface area contributed by atoms with Gasteiger partial charge in [0.15, 0.2) is 0 Å². The lowest BCUT2D eigenvalue weighted by molar-refractivity contribution is -0.140. The van der Waals surface area contributed by atoms with Crippen molar-refractivity contribution in [2.45, 2.75) is 71.4 Å². The SMILES string of the molecule is CC(C)COC(=O)N[C@H](C(=O)N1C[C@@H](C)C[C@H]1C(N)=O)C1CCCCC1. The van der Waals surface area contributed by atoms with Crippen LogP contribution >= 0.6 is 0 Å². The zero-order valence-corrected chi connectivity index (χ0v) is 16.2. The molecule has 7 heteroatoms. The van der Waals surface area contributed by atoms with Gasteiger partial charge < -0.3 is 20.7 Å². The van der Waals surface area contributed by atoms with Crippen LogP contribution in [-0.4, -0.2) is 48.0 Å². The van der Waals surface area contributed by atoms with Gasteiger partial charge in [-0.05, 0) is 37.0 Å². The molecule has 3 N–H and O–H groups in total. The van der Waals surface area contributed by atoms with Crippen LogP contribution in [0.4, 0.5) is 4.79 Å². The third-order valence-electron chi connectivity index (χ3n) is 5.33. The van der Waals surface area contributed by atoms with Crippen molar-refractivity contribution in [3.63, 3.8) is 0 Å². The lowest BCUT2D eigenvalue weighted by Crippen LogP contribution is -2.55. The van der Waals surface area contributed by atoms with Crippen molar-refractivity contribution in [3.8, 4) is 0 Å². The first-order valence-electron chi connectivity index (χ1n) is 9.82. The topological polar surface area (TPSA) is 102 Å². The van der Waals surface area contributed by atoms with Gasteiger partial charge in [0.2, 0.25) is 11.8 Å². The predicted molar refractivity (Wildman–Crippen MR) is 98.2 cm³/mol. The van der Waals surface area contributed by atoms with Gasteiger partial charge >= 0.3 is 6.09 Å². The Hall–Kier alpha value is -1.79. The van der Waals surface area contributed by atoms with Crippen molar-refractivity contribution in [2.75, 3.05) is 13.2 Å². The number of amides is 3. The van der Waals surface area contributed by atoms with E-state index in [9.17, 15) is 14.4 Å². The van der Waals surface area contributed by atoms with Crippen molar-refractivity contribution in [2.24, 2.45) is 23.5 Å². The zero-order chi connectivity index (χ0) is 19.3. The van der Waals surface area contributed by atoms with Gasteiger partial charge in [-0.3, -0.25) is 9.59 Å². The number of likely N-dealkylation sites (tertiary alicyclic amines) is 1. The zero-order valence-electron chi connectivity index (χ0n) is 16.2. The fourth-order valence-corrected chi connectivity index (χ4v) is 4.00. The number of carbonyl (C=O) groups is 3. The predicted octanol–water partition coefficient (Wildman–Crippen LogP) is 2.04. The number of nitrogens with one attached hydrogen (secondary N) is 1. The standard InChI is InChI=1S/C19H33N3O4/c1-12(2)11-26-19(25)21-16(14-7-5-4-6-8-14)18(24)22-10-13(3)9-15(22)17(20)23/h12-16H,4-11H2,1-3H3,(H2,20,23)(H,21,25)/t13-,15-,16-/m0/s1. The first kappa shape index (κ1) is 20.5. The number of nitrogens with two attached hydrogens (primary N) is 1. The largest absolute Gasteiger partial charge is 0.449 e. The van der Waals surface area contributed by atoms with E-state index in [0.717, 1.165) is 32.1 Å². The van der Waals surface area contributed by atoms with E-state index in [1.165, 1.54) is 0 Å². The van der Waals surface area contributed by atoms with Crippen LogP contribution in [-0.2, 0) is 14.3 Å². The molecule has 1 heterocycles. The van der Waals surface area contributed by atoms with Gasteiger partial charge in [0.05, 0.1) is 6.61 Å². The summed E-state index contributed by atoms with van der Waals surface area (Å²) in [5.74, 6) is -0.161. The Balaban J connectivity index is 2.12. The number of hydrogen-bond acceptors (Lipinski definition) is 4. The molecule has 2 rings (SSSR count). The van der Waals surface area contributed by atoms with Crippen molar-refractivity contribution < 1.29 is 19.1 Å². The van der Waals surface area contributed by atoms with Gasteiger partial charge in [-0.25, -0.2) is 4.79 Å². The van der Waals surface area contributed by atoms with Crippen molar-refractivity contribution in [1.29, 1.82) is 0 Å². The normalized spacial score (nSPS) is 25.2. The second-order valence-corrected chi connectivity index (χ2v) is 8.26. The highest BCUT2D eigenvalue weighted by Crippen LogP contribution is 2.30. The molecule has 26 heavy (non-hydrogen) atoms. The highest BCUT2D eigenvalue weighted by atomic mass is 16.5.